The van der Waals surface area contributed by atoms with E-state index >= 15 is 0 Å². The first-order valence-electron chi connectivity index (χ1n) is 8.97. The van der Waals surface area contributed by atoms with Gasteiger partial charge in [0.25, 0.3) is 5.91 Å². The number of piperazine rings is 1. The zero-order chi connectivity index (χ0) is 16.8. The zero-order valence-electron chi connectivity index (χ0n) is 14.8. The van der Waals surface area contributed by atoms with Gasteiger partial charge in [-0.3, -0.25) is 14.8 Å². The molecule has 3 aliphatic rings. The van der Waals surface area contributed by atoms with E-state index in [1.54, 1.807) is 0 Å². The fourth-order valence-electron chi connectivity index (χ4n) is 4.04. The van der Waals surface area contributed by atoms with Crippen molar-refractivity contribution in [2.45, 2.75) is 38.5 Å². The molecule has 2 atom stereocenters. The van der Waals surface area contributed by atoms with E-state index in [0.29, 0.717) is 11.7 Å². The van der Waals surface area contributed by atoms with Gasteiger partial charge in [-0.05, 0) is 20.9 Å². The molecule has 1 N–H and O–H groups in total. The van der Waals surface area contributed by atoms with Gasteiger partial charge >= 0.3 is 0 Å². The van der Waals surface area contributed by atoms with Gasteiger partial charge in [0, 0.05) is 57.3 Å². The number of aromatic nitrogens is 2. The van der Waals surface area contributed by atoms with E-state index < -0.39 is 0 Å². The van der Waals surface area contributed by atoms with E-state index in [0.717, 1.165) is 56.9 Å². The van der Waals surface area contributed by atoms with E-state index in [4.69, 9.17) is 4.74 Å². The number of rotatable bonds is 2. The number of likely N-dealkylation sites (N-methyl/N-ethyl adjacent to an activating group) is 1. The second kappa shape index (κ2) is 6.13. The predicted molar refractivity (Wildman–Crippen MR) is 90.0 cm³/mol. The van der Waals surface area contributed by atoms with Gasteiger partial charge in [0.05, 0.1) is 17.9 Å². The molecule has 7 nitrogen and oxygen atoms in total. The molecule has 4 rings (SSSR count). The van der Waals surface area contributed by atoms with Crippen molar-refractivity contribution in [3.05, 3.63) is 17.0 Å². The number of nitrogens with one attached hydrogen (secondary N) is 1. The van der Waals surface area contributed by atoms with Gasteiger partial charge < -0.3 is 14.5 Å². The monoisotopic (exact) mass is 333 g/mol. The standard InChI is InChI=1S/C17H27N5O2/c1-11-8-14-15(12(2)24-11)18-19-16(14)17(23)22-9-13(10-22)21-6-4-20(3)5-7-21/h11-13H,4-10H2,1-3H3,(H,18,19)/t11-,12+/m1/s1. The molecule has 7 heteroatoms. The Bertz CT molecular complexity index is 616. The van der Waals surface area contributed by atoms with Crippen molar-refractivity contribution in [2.75, 3.05) is 46.3 Å². The maximum absolute atomic E-state index is 12.8. The number of carbonyl (C=O) groups excluding carboxylic acids is 1. The number of H-pyrrole nitrogens is 1. The first kappa shape index (κ1) is 16.1. The number of hydrogen-bond acceptors (Lipinski definition) is 5. The molecule has 3 aliphatic heterocycles. The minimum Gasteiger partial charge on any atom is -0.369 e. The van der Waals surface area contributed by atoms with Gasteiger partial charge in [-0.2, -0.15) is 5.10 Å². The molecule has 0 bridgehead atoms. The van der Waals surface area contributed by atoms with Crippen molar-refractivity contribution in [3.63, 3.8) is 0 Å². The number of carbonyl (C=O) groups is 1. The van der Waals surface area contributed by atoms with E-state index in [1.165, 1.54) is 0 Å². The quantitative estimate of drug-likeness (QED) is 0.854. The maximum atomic E-state index is 12.8. The van der Waals surface area contributed by atoms with E-state index in [9.17, 15) is 4.79 Å². The average Bonchev–Trinajstić information content (AvgIpc) is 2.91. The highest BCUT2D eigenvalue weighted by molar-refractivity contribution is 5.94. The molecule has 0 aliphatic carbocycles. The van der Waals surface area contributed by atoms with Crippen LogP contribution in [0.15, 0.2) is 0 Å². The molecular formula is C17H27N5O2. The lowest BCUT2D eigenvalue weighted by molar-refractivity contribution is -0.00733. The first-order chi connectivity index (χ1) is 11.5. The average molecular weight is 333 g/mol. The summed E-state index contributed by atoms with van der Waals surface area (Å²) >= 11 is 0. The Morgan fingerprint density at radius 2 is 1.92 bits per heavy atom. The molecule has 1 aromatic rings. The minimum absolute atomic E-state index is 0.0210. The van der Waals surface area contributed by atoms with Gasteiger partial charge in [0.15, 0.2) is 5.69 Å². The van der Waals surface area contributed by atoms with Crippen LogP contribution in [0.2, 0.25) is 0 Å². The van der Waals surface area contributed by atoms with Crippen LogP contribution in [0.3, 0.4) is 0 Å². The Hall–Kier alpha value is -1.44. The van der Waals surface area contributed by atoms with Crippen LogP contribution in [0.25, 0.3) is 0 Å². The van der Waals surface area contributed by atoms with Crippen molar-refractivity contribution in [1.82, 2.24) is 24.9 Å². The van der Waals surface area contributed by atoms with Crippen molar-refractivity contribution < 1.29 is 9.53 Å². The lowest BCUT2D eigenvalue weighted by Crippen LogP contribution is -2.64. The van der Waals surface area contributed by atoms with Gasteiger partial charge in [-0.15, -0.1) is 0 Å². The third-order valence-electron chi connectivity index (χ3n) is 5.64. The summed E-state index contributed by atoms with van der Waals surface area (Å²) in [5, 5.41) is 7.34. The normalized spacial score (nSPS) is 29.4. The van der Waals surface area contributed by atoms with Gasteiger partial charge in [-0.25, -0.2) is 0 Å². The van der Waals surface area contributed by atoms with Crippen LogP contribution in [0.1, 0.15) is 41.7 Å². The molecular weight excluding hydrogens is 306 g/mol. The molecule has 0 aromatic carbocycles. The molecule has 132 valence electrons. The maximum Gasteiger partial charge on any atom is 0.274 e. The number of aromatic amines is 1. The van der Waals surface area contributed by atoms with Crippen molar-refractivity contribution >= 4 is 5.91 Å². The van der Waals surface area contributed by atoms with Crippen LogP contribution in [-0.2, 0) is 11.2 Å². The Morgan fingerprint density at radius 3 is 2.62 bits per heavy atom. The second-order valence-corrected chi connectivity index (χ2v) is 7.46. The number of amides is 1. The summed E-state index contributed by atoms with van der Waals surface area (Å²) < 4.78 is 5.80. The molecule has 24 heavy (non-hydrogen) atoms. The van der Waals surface area contributed by atoms with Gasteiger partial charge in [0.1, 0.15) is 0 Å². The number of likely N-dealkylation sites (tertiary alicyclic amines) is 1. The highest BCUT2D eigenvalue weighted by Gasteiger charge is 2.39. The highest BCUT2D eigenvalue weighted by Crippen LogP contribution is 2.31. The summed E-state index contributed by atoms with van der Waals surface area (Å²) in [4.78, 5) is 19.6. The second-order valence-electron chi connectivity index (χ2n) is 7.46. The molecule has 4 heterocycles. The zero-order valence-corrected chi connectivity index (χ0v) is 14.8. The largest absolute Gasteiger partial charge is 0.369 e. The van der Waals surface area contributed by atoms with Gasteiger partial charge in [-0.1, -0.05) is 0 Å². The molecule has 1 aromatic heterocycles. The summed E-state index contributed by atoms with van der Waals surface area (Å²) in [6.45, 7) is 10.2. The summed E-state index contributed by atoms with van der Waals surface area (Å²) in [7, 11) is 2.17. The van der Waals surface area contributed by atoms with Crippen LogP contribution in [0, 0.1) is 0 Å². The van der Waals surface area contributed by atoms with Crippen LogP contribution in [0.4, 0.5) is 0 Å². The van der Waals surface area contributed by atoms with Crippen molar-refractivity contribution in [1.29, 1.82) is 0 Å². The molecule has 1 amide bonds. The number of fused-ring (bicyclic) bond motifs is 1. The first-order valence-corrected chi connectivity index (χ1v) is 8.97. The summed E-state index contributed by atoms with van der Waals surface area (Å²) in [6, 6.07) is 0.513. The molecule has 0 unspecified atom stereocenters. The Balaban J connectivity index is 1.40. The molecule has 2 saturated heterocycles. The topological polar surface area (TPSA) is 64.7 Å². The fraction of sp³-hybridized carbons (Fsp3) is 0.765. The lowest BCUT2D eigenvalue weighted by Gasteiger charge is -2.47. The third kappa shape index (κ3) is 2.74. The lowest BCUT2D eigenvalue weighted by atomic mass is 9.98. The smallest absolute Gasteiger partial charge is 0.274 e. The summed E-state index contributed by atoms with van der Waals surface area (Å²) in [5.74, 6) is 0.0687. The minimum atomic E-state index is -0.0210. The van der Waals surface area contributed by atoms with E-state index in [-0.39, 0.29) is 18.1 Å². The van der Waals surface area contributed by atoms with Gasteiger partial charge in [0.2, 0.25) is 0 Å². The summed E-state index contributed by atoms with van der Waals surface area (Å²) in [5.41, 5.74) is 2.62. The van der Waals surface area contributed by atoms with E-state index in [2.05, 4.69) is 27.0 Å². The Labute approximate surface area is 142 Å². The molecule has 2 fully saturated rings. The number of ether oxygens (including phenoxy) is 1. The van der Waals surface area contributed by atoms with Crippen LogP contribution >= 0.6 is 0 Å². The molecule has 0 radical (unpaired) electrons. The fourth-order valence-corrected chi connectivity index (χ4v) is 4.04. The molecule has 0 saturated carbocycles. The van der Waals surface area contributed by atoms with Crippen LogP contribution < -0.4 is 0 Å². The third-order valence-corrected chi connectivity index (χ3v) is 5.64. The number of nitrogens with zero attached hydrogens (tertiary/aromatic N) is 4. The Morgan fingerprint density at radius 1 is 1.21 bits per heavy atom. The highest BCUT2D eigenvalue weighted by atomic mass is 16.5. The van der Waals surface area contributed by atoms with Crippen LogP contribution in [0.5, 0.6) is 0 Å². The molecule has 0 spiro atoms. The van der Waals surface area contributed by atoms with Crippen LogP contribution in [-0.4, -0.2) is 89.3 Å². The van der Waals surface area contributed by atoms with Crippen molar-refractivity contribution in [3.8, 4) is 0 Å². The number of hydrogen-bond donors (Lipinski definition) is 1. The SMILES string of the molecule is C[C@@H]1Cc2c(C(=O)N3CC(N4CCN(C)CC4)C3)n[nH]c2[C@H](C)O1. The Kier molecular flexibility index (Phi) is 4.10. The summed E-state index contributed by atoms with van der Waals surface area (Å²) in [6.07, 6.45) is 0.867. The van der Waals surface area contributed by atoms with Crippen molar-refractivity contribution in [2.24, 2.45) is 0 Å². The van der Waals surface area contributed by atoms with E-state index in [1.807, 2.05) is 18.7 Å². The predicted octanol–water partition coefficient (Wildman–Crippen LogP) is 0.504.